The Balaban J connectivity index is 1.61. The lowest BCUT2D eigenvalue weighted by Crippen LogP contribution is -2.52. The Kier molecular flexibility index (Phi) is 2.64. The van der Waals surface area contributed by atoms with Gasteiger partial charge in [0, 0.05) is 39.4 Å². The van der Waals surface area contributed by atoms with Crippen molar-refractivity contribution in [3.05, 3.63) is 0 Å². The van der Waals surface area contributed by atoms with Crippen molar-refractivity contribution < 1.29 is 9.53 Å². The average Bonchev–Trinajstić information content (AvgIpc) is 2.61. The predicted octanol–water partition coefficient (Wildman–Crippen LogP) is 0.235. The van der Waals surface area contributed by atoms with Crippen LogP contribution in [-0.2, 0) is 9.53 Å². The van der Waals surface area contributed by atoms with E-state index in [2.05, 4.69) is 10.2 Å². The highest BCUT2D eigenvalue weighted by Gasteiger charge is 2.42. The molecule has 3 heterocycles. The second kappa shape index (κ2) is 4.00. The Morgan fingerprint density at radius 1 is 1.25 bits per heavy atom. The van der Waals surface area contributed by atoms with Gasteiger partial charge in [-0.15, -0.1) is 0 Å². The van der Waals surface area contributed by atoms with Crippen LogP contribution in [0.4, 0.5) is 0 Å². The number of rotatable bonds is 1. The maximum absolute atomic E-state index is 12.1. The molecule has 0 bridgehead atoms. The Morgan fingerprint density at radius 2 is 2.00 bits per heavy atom. The molecule has 0 saturated carbocycles. The van der Waals surface area contributed by atoms with Gasteiger partial charge in [0.2, 0.25) is 5.91 Å². The minimum atomic E-state index is 0.259. The Labute approximate surface area is 96.3 Å². The molecular formula is C12H20N2O2. The van der Waals surface area contributed by atoms with E-state index < -0.39 is 0 Å². The van der Waals surface area contributed by atoms with E-state index >= 15 is 0 Å². The van der Waals surface area contributed by atoms with E-state index in [4.69, 9.17) is 4.74 Å². The van der Waals surface area contributed by atoms with Crippen LogP contribution in [0.15, 0.2) is 0 Å². The lowest BCUT2D eigenvalue weighted by Gasteiger charge is -2.34. The van der Waals surface area contributed by atoms with Crippen molar-refractivity contribution in [2.75, 3.05) is 39.4 Å². The highest BCUT2D eigenvalue weighted by molar-refractivity contribution is 5.80. The van der Waals surface area contributed by atoms with Gasteiger partial charge in [-0.05, 0) is 24.7 Å². The third-order valence-corrected chi connectivity index (χ3v) is 4.43. The minimum absolute atomic E-state index is 0.259. The van der Waals surface area contributed by atoms with Gasteiger partial charge >= 0.3 is 0 Å². The Bertz CT molecular complexity index is 283. The van der Waals surface area contributed by atoms with E-state index in [1.807, 2.05) is 0 Å². The summed E-state index contributed by atoms with van der Waals surface area (Å²) in [5, 5.41) is 3.17. The minimum Gasteiger partial charge on any atom is -0.381 e. The van der Waals surface area contributed by atoms with Gasteiger partial charge in [0.05, 0.1) is 5.92 Å². The molecule has 90 valence electrons. The molecule has 0 atom stereocenters. The smallest absolute Gasteiger partial charge is 0.228 e. The highest BCUT2D eigenvalue weighted by Crippen LogP contribution is 2.40. The molecule has 3 aliphatic rings. The van der Waals surface area contributed by atoms with Crippen molar-refractivity contribution in [2.45, 2.75) is 19.3 Å². The standard InChI is InChI=1S/C12H20N2O2/c15-11(10-7-13-8-10)14-4-1-12(9-14)2-5-16-6-3-12/h10,13H,1-9H2. The molecule has 1 N–H and O–H groups in total. The fraction of sp³-hybridized carbons (Fsp3) is 0.917. The summed E-state index contributed by atoms with van der Waals surface area (Å²) in [4.78, 5) is 14.2. The first-order valence-corrected chi connectivity index (χ1v) is 6.36. The topological polar surface area (TPSA) is 41.6 Å². The van der Waals surface area contributed by atoms with Crippen LogP contribution in [-0.4, -0.2) is 50.2 Å². The molecule has 1 amide bonds. The zero-order valence-corrected chi connectivity index (χ0v) is 9.71. The van der Waals surface area contributed by atoms with Crippen LogP contribution in [0, 0.1) is 11.3 Å². The van der Waals surface area contributed by atoms with Gasteiger partial charge in [-0.3, -0.25) is 4.79 Å². The molecule has 0 radical (unpaired) electrons. The van der Waals surface area contributed by atoms with Gasteiger partial charge in [0.1, 0.15) is 0 Å². The molecule has 0 aromatic heterocycles. The van der Waals surface area contributed by atoms with Crippen LogP contribution >= 0.6 is 0 Å². The monoisotopic (exact) mass is 224 g/mol. The van der Waals surface area contributed by atoms with Crippen LogP contribution in [0.2, 0.25) is 0 Å². The van der Waals surface area contributed by atoms with Gasteiger partial charge in [-0.2, -0.15) is 0 Å². The molecule has 0 aliphatic carbocycles. The summed E-state index contributed by atoms with van der Waals surface area (Å²) >= 11 is 0. The average molecular weight is 224 g/mol. The molecule has 16 heavy (non-hydrogen) atoms. The number of carbonyl (C=O) groups is 1. The Morgan fingerprint density at radius 3 is 2.62 bits per heavy atom. The van der Waals surface area contributed by atoms with E-state index in [0.717, 1.165) is 52.2 Å². The van der Waals surface area contributed by atoms with Gasteiger partial charge in [-0.1, -0.05) is 0 Å². The largest absolute Gasteiger partial charge is 0.381 e. The quantitative estimate of drug-likeness (QED) is 0.693. The second-order valence-electron chi connectivity index (χ2n) is 5.48. The van der Waals surface area contributed by atoms with Crippen molar-refractivity contribution in [1.82, 2.24) is 10.2 Å². The first kappa shape index (κ1) is 10.5. The van der Waals surface area contributed by atoms with Crippen LogP contribution in [0.1, 0.15) is 19.3 Å². The summed E-state index contributed by atoms with van der Waals surface area (Å²) in [6, 6.07) is 0. The first-order chi connectivity index (χ1) is 7.79. The molecule has 3 fully saturated rings. The van der Waals surface area contributed by atoms with Crippen molar-refractivity contribution in [1.29, 1.82) is 0 Å². The highest BCUT2D eigenvalue weighted by atomic mass is 16.5. The number of nitrogens with zero attached hydrogens (tertiary/aromatic N) is 1. The fourth-order valence-corrected chi connectivity index (χ4v) is 3.06. The number of amides is 1. The SMILES string of the molecule is O=C(C1CNC1)N1CCC2(CCOCC2)C1. The van der Waals surface area contributed by atoms with E-state index in [9.17, 15) is 4.79 Å². The number of carbonyl (C=O) groups excluding carboxylic acids is 1. The molecule has 3 rings (SSSR count). The lowest BCUT2D eigenvalue weighted by atomic mass is 9.80. The van der Waals surface area contributed by atoms with Gasteiger partial charge in [0.25, 0.3) is 0 Å². The molecule has 1 spiro atoms. The zero-order chi connectivity index (χ0) is 11.0. The van der Waals surface area contributed by atoms with Gasteiger partial charge < -0.3 is 15.0 Å². The molecule has 4 nitrogen and oxygen atoms in total. The van der Waals surface area contributed by atoms with Crippen molar-refractivity contribution >= 4 is 5.91 Å². The van der Waals surface area contributed by atoms with Crippen LogP contribution in [0.25, 0.3) is 0 Å². The summed E-state index contributed by atoms with van der Waals surface area (Å²) < 4.78 is 5.42. The van der Waals surface area contributed by atoms with E-state index in [1.165, 1.54) is 6.42 Å². The van der Waals surface area contributed by atoms with Crippen molar-refractivity contribution in [3.8, 4) is 0 Å². The van der Waals surface area contributed by atoms with Gasteiger partial charge in [-0.25, -0.2) is 0 Å². The zero-order valence-electron chi connectivity index (χ0n) is 9.71. The first-order valence-electron chi connectivity index (χ1n) is 6.36. The molecule has 4 heteroatoms. The molecule has 0 aromatic rings. The molecule has 3 aliphatic heterocycles. The number of hydrogen-bond acceptors (Lipinski definition) is 3. The predicted molar refractivity (Wildman–Crippen MR) is 60.0 cm³/mol. The van der Waals surface area contributed by atoms with Crippen molar-refractivity contribution in [3.63, 3.8) is 0 Å². The fourth-order valence-electron chi connectivity index (χ4n) is 3.06. The van der Waals surface area contributed by atoms with Crippen LogP contribution in [0.5, 0.6) is 0 Å². The van der Waals surface area contributed by atoms with Crippen molar-refractivity contribution in [2.24, 2.45) is 11.3 Å². The van der Waals surface area contributed by atoms with Crippen LogP contribution < -0.4 is 5.32 Å². The molecule has 0 aromatic carbocycles. The van der Waals surface area contributed by atoms with Gasteiger partial charge in [0.15, 0.2) is 0 Å². The summed E-state index contributed by atoms with van der Waals surface area (Å²) in [6.07, 6.45) is 3.46. The van der Waals surface area contributed by atoms with E-state index in [0.29, 0.717) is 11.3 Å². The van der Waals surface area contributed by atoms with Crippen LogP contribution in [0.3, 0.4) is 0 Å². The lowest BCUT2D eigenvalue weighted by molar-refractivity contribution is -0.136. The normalized spacial score (nSPS) is 29.4. The third kappa shape index (κ3) is 1.74. The summed E-state index contributed by atoms with van der Waals surface area (Å²) in [5.41, 5.74) is 0.394. The second-order valence-corrected chi connectivity index (χ2v) is 5.48. The summed E-state index contributed by atoms with van der Waals surface area (Å²) in [6.45, 7) is 5.47. The number of likely N-dealkylation sites (tertiary alicyclic amines) is 1. The maximum atomic E-state index is 12.1. The summed E-state index contributed by atoms with van der Waals surface area (Å²) in [5.74, 6) is 0.636. The molecule has 3 saturated heterocycles. The molecular weight excluding hydrogens is 204 g/mol. The van der Waals surface area contributed by atoms with E-state index in [-0.39, 0.29) is 5.92 Å². The maximum Gasteiger partial charge on any atom is 0.228 e. The number of ether oxygens (including phenoxy) is 1. The number of hydrogen-bond donors (Lipinski definition) is 1. The molecule has 0 unspecified atom stereocenters. The Hall–Kier alpha value is -0.610. The van der Waals surface area contributed by atoms with E-state index in [1.54, 1.807) is 0 Å². The third-order valence-electron chi connectivity index (χ3n) is 4.43. The summed E-state index contributed by atoms with van der Waals surface area (Å²) in [7, 11) is 0. The number of nitrogens with one attached hydrogen (secondary N) is 1.